The Kier molecular flexibility index (Phi) is 5.45. The summed E-state index contributed by atoms with van der Waals surface area (Å²) in [4.78, 5) is 5.24. The molecule has 0 amide bonds. The first-order valence-corrected chi connectivity index (χ1v) is 14.5. The minimum Gasteiger partial charge on any atom is -0.455 e. The lowest BCUT2D eigenvalue weighted by Gasteiger charge is -2.22. The first-order chi connectivity index (χ1) is 20.5. The van der Waals surface area contributed by atoms with Gasteiger partial charge in [0.25, 0.3) is 0 Å². The molecule has 3 heterocycles. The molecule has 0 saturated heterocycles. The second kappa shape index (κ2) is 9.25. The zero-order chi connectivity index (χ0) is 28.5. The number of furan rings is 1. The smallest absolute Gasteiger partial charge is 0.173 e. The Bertz CT molecular complexity index is 2140. The van der Waals surface area contributed by atoms with Gasteiger partial charge in [-0.2, -0.15) is 0 Å². The number of aromatic nitrogens is 2. The van der Waals surface area contributed by atoms with E-state index in [9.17, 15) is 0 Å². The van der Waals surface area contributed by atoms with Crippen LogP contribution in [0.1, 0.15) is 50.7 Å². The molecule has 8 rings (SSSR count). The number of fused-ring (bicyclic) bond motifs is 6. The van der Waals surface area contributed by atoms with Crippen molar-refractivity contribution < 1.29 is 13.9 Å². The first kappa shape index (κ1) is 24.7. The van der Waals surface area contributed by atoms with Gasteiger partial charge in [0, 0.05) is 16.8 Å². The minimum atomic E-state index is 0.338. The van der Waals surface area contributed by atoms with Crippen molar-refractivity contribution in [2.75, 3.05) is 0 Å². The van der Waals surface area contributed by atoms with Crippen molar-refractivity contribution in [3.05, 3.63) is 108 Å². The van der Waals surface area contributed by atoms with E-state index >= 15 is 0 Å². The minimum absolute atomic E-state index is 0.338. The molecular weight excluding hydrogens is 520 g/mol. The normalized spacial score (nSPS) is 12.6. The molecule has 5 nitrogen and oxygen atoms in total. The average molecular weight is 551 g/mol. The van der Waals surface area contributed by atoms with Crippen LogP contribution in [0.3, 0.4) is 0 Å². The van der Waals surface area contributed by atoms with Crippen LogP contribution in [0.4, 0.5) is 0 Å². The molecule has 1 aliphatic heterocycles. The number of para-hydroxylation sites is 6. The molecule has 0 atom stereocenters. The zero-order valence-electron chi connectivity index (χ0n) is 24.0. The lowest BCUT2D eigenvalue weighted by Crippen LogP contribution is -2.08. The molecule has 0 spiro atoms. The zero-order valence-corrected chi connectivity index (χ0v) is 24.0. The Morgan fingerprint density at radius 1 is 0.619 bits per heavy atom. The van der Waals surface area contributed by atoms with Gasteiger partial charge < -0.3 is 13.9 Å². The van der Waals surface area contributed by atoms with Gasteiger partial charge >= 0.3 is 0 Å². The summed E-state index contributed by atoms with van der Waals surface area (Å²) in [5, 5.41) is 1.98. The molecule has 42 heavy (non-hydrogen) atoms. The molecule has 0 aliphatic carbocycles. The van der Waals surface area contributed by atoms with Gasteiger partial charge in [0.15, 0.2) is 23.0 Å². The van der Waals surface area contributed by atoms with Gasteiger partial charge in [0.1, 0.15) is 17.0 Å². The molecule has 0 bridgehead atoms. The van der Waals surface area contributed by atoms with Crippen LogP contribution < -0.4 is 9.47 Å². The number of imidazole rings is 1. The fraction of sp³-hybridized carbons (Fsp3) is 0.162. The number of hydrogen-bond donors (Lipinski definition) is 0. The summed E-state index contributed by atoms with van der Waals surface area (Å²) < 4.78 is 21.4. The molecule has 0 radical (unpaired) electrons. The Morgan fingerprint density at radius 3 is 1.98 bits per heavy atom. The fourth-order valence-electron chi connectivity index (χ4n) is 6.20. The highest BCUT2D eigenvalue weighted by molar-refractivity contribution is 6.10. The van der Waals surface area contributed by atoms with Gasteiger partial charge in [0.05, 0.1) is 22.3 Å². The molecule has 0 fully saturated rings. The van der Waals surface area contributed by atoms with E-state index in [0.29, 0.717) is 34.8 Å². The van der Waals surface area contributed by atoms with E-state index in [2.05, 4.69) is 86.9 Å². The summed E-state index contributed by atoms with van der Waals surface area (Å²) in [6, 6.07) is 33.0. The van der Waals surface area contributed by atoms with Crippen molar-refractivity contribution in [3.63, 3.8) is 0 Å². The molecular formula is C37H30N2O3. The van der Waals surface area contributed by atoms with Crippen LogP contribution in [0.2, 0.25) is 0 Å². The quantitative estimate of drug-likeness (QED) is 0.219. The topological polar surface area (TPSA) is 49.4 Å². The first-order valence-electron chi connectivity index (χ1n) is 14.5. The Morgan fingerprint density at radius 2 is 1.26 bits per heavy atom. The lowest BCUT2D eigenvalue weighted by atomic mass is 9.92. The summed E-state index contributed by atoms with van der Waals surface area (Å²) in [5.74, 6) is 4.25. The van der Waals surface area contributed by atoms with Crippen molar-refractivity contribution in [2.45, 2.75) is 39.5 Å². The predicted molar refractivity (Wildman–Crippen MR) is 169 cm³/mol. The predicted octanol–water partition coefficient (Wildman–Crippen LogP) is 10.7. The standard InChI is InChI=1S/C37H30N2O3/c1-21(2)23-11-9-12-24(22(3)4)35(23)39-29-16-6-5-15-28(29)38-37(39)26-14-10-13-25-27-19-33-34(20-32(27)42-36(25)26)41-31-18-8-7-17-30(31)40-33/h5-22H,1-4H3. The number of rotatable bonds is 4. The average Bonchev–Trinajstić information content (AvgIpc) is 3.56. The molecule has 5 aromatic carbocycles. The largest absolute Gasteiger partial charge is 0.455 e. The monoisotopic (exact) mass is 550 g/mol. The second-order valence-corrected chi connectivity index (χ2v) is 11.6. The van der Waals surface area contributed by atoms with Crippen LogP contribution in [-0.4, -0.2) is 9.55 Å². The third-order valence-corrected chi connectivity index (χ3v) is 8.22. The van der Waals surface area contributed by atoms with Crippen LogP contribution in [-0.2, 0) is 0 Å². The molecule has 0 unspecified atom stereocenters. The fourth-order valence-corrected chi connectivity index (χ4v) is 6.20. The Balaban J connectivity index is 1.41. The van der Waals surface area contributed by atoms with Gasteiger partial charge in [-0.25, -0.2) is 4.98 Å². The van der Waals surface area contributed by atoms with Crippen LogP contribution in [0.5, 0.6) is 23.0 Å². The third-order valence-electron chi connectivity index (χ3n) is 8.22. The van der Waals surface area contributed by atoms with Gasteiger partial charge in [0.2, 0.25) is 0 Å². The van der Waals surface area contributed by atoms with Crippen LogP contribution >= 0.6 is 0 Å². The van der Waals surface area contributed by atoms with E-state index in [1.807, 2.05) is 42.5 Å². The van der Waals surface area contributed by atoms with E-state index in [-0.39, 0.29) is 0 Å². The molecule has 7 aromatic rings. The van der Waals surface area contributed by atoms with Crippen molar-refractivity contribution in [3.8, 4) is 40.1 Å². The Labute approximate surface area is 243 Å². The van der Waals surface area contributed by atoms with E-state index in [1.54, 1.807) is 0 Å². The number of ether oxygens (including phenoxy) is 2. The summed E-state index contributed by atoms with van der Waals surface area (Å²) in [6.45, 7) is 9.02. The molecule has 0 N–H and O–H groups in total. The summed E-state index contributed by atoms with van der Waals surface area (Å²) in [7, 11) is 0. The van der Waals surface area contributed by atoms with E-state index in [1.165, 1.54) is 16.8 Å². The van der Waals surface area contributed by atoms with E-state index in [0.717, 1.165) is 44.4 Å². The third kappa shape index (κ3) is 3.66. The maximum atomic E-state index is 6.65. The molecule has 2 aromatic heterocycles. The molecule has 0 saturated carbocycles. The highest BCUT2D eigenvalue weighted by atomic mass is 16.6. The van der Waals surface area contributed by atoms with E-state index < -0.39 is 0 Å². The van der Waals surface area contributed by atoms with Crippen LogP contribution in [0, 0.1) is 0 Å². The van der Waals surface area contributed by atoms with E-state index in [4.69, 9.17) is 18.9 Å². The summed E-state index contributed by atoms with van der Waals surface area (Å²) >= 11 is 0. The SMILES string of the molecule is CC(C)c1cccc(C(C)C)c1-n1c(-c2cccc3c2oc2cc4c(cc23)Oc2ccccc2O4)nc2ccccc21. The molecule has 5 heteroatoms. The highest BCUT2D eigenvalue weighted by Gasteiger charge is 2.26. The maximum Gasteiger partial charge on any atom is 0.173 e. The van der Waals surface area contributed by atoms with Crippen LogP contribution in [0.15, 0.2) is 101 Å². The number of hydrogen-bond acceptors (Lipinski definition) is 4. The number of nitrogens with zero attached hydrogens (tertiary/aromatic N) is 2. The van der Waals surface area contributed by atoms with Gasteiger partial charge in [-0.1, -0.05) is 82.3 Å². The molecule has 206 valence electrons. The van der Waals surface area contributed by atoms with Crippen molar-refractivity contribution >= 4 is 33.0 Å². The van der Waals surface area contributed by atoms with Crippen molar-refractivity contribution in [1.82, 2.24) is 9.55 Å². The number of benzene rings is 5. The Hall–Kier alpha value is -5.03. The summed E-state index contributed by atoms with van der Waals surface area (Å²) in [5.41, 5.74) is 8.29. The second-order valence-electron chi connectivity index (χ2n) is 11.6. The van der Waals surface area contributed by atoms with Crippen LogP contribution in [0.25, 0.3) is 50.0 Å². The highest BCUT2D eigenvalue weighted by Crippen LogP contribution is 2.49. The molecule has 1 aliphatic rings. The van der Waals surface area contributed by atoms with Gasteiger partial charge in [-0.3, -0.25) is 4.57 Å². The van der Waals surface area contributed by atoms with Crippen molar-refractivity contribution in [2.24, 2.45) is 0 Å². The lowest BCUT2D eigenvalue weighted by molar-refractivity contribution is 0.360. The van der Waals surface area contributed by atoms with Gasteiger partial charge in [-0.15, -0.1) is 0 Å². The summed E-state index contributed by atoms with van der Waals surface area (Å²) in [6.07, 6.45) is 0. The maximum absolute atomic E-state index is 6.65. The van der Waals surface area contributed by atoms with Crippen molar-refractivity contribution in [1.29, 1.82) is 0 Å². The van der Waals surface area contributed by atoms with Gasteiger partial charge in [-0.05, 0) is 59.4 Å².